The number of para-hydroxylation sites is 1. The molecule has 0 aliphatic rings. The molecule has 4 aromatic heterocycles. The van der Waals surface area contributed by atoms with E-state index in [9.17, 15) is 0 Å². The molecule has 6 nitrogen and oxygen atoms in total. The van der Waals surface area contributed by atoms with E-state index in [1.807, 2.05) is 78.9 Å². The van der Waals surface area contributed by atoms with E-state index in [-0.39, 0.29) is 0 Å². The largest absolute Gasteiger partial charge is 0.255 e. The van der Waals surface area contributed by atoms with Crippen LogP contribution in [-0.2, 0) is 0 Å². The summed E-state index contributed by atoms with van der Waals surface area (Å²) in [5.41, 5.74) is 11.2. The Kier molecular flexibility index (Phi) is 7.69. The molecule has 6 heteroatoms. The van der Waals surface area contributed by atoms with Crippen molar-refractivity contribution in [3.05, 3.63) is 182 Å². The van der Waals surface area contributed by atoms with Gasteiger partial charge >= 0.3 is 0 Å². The third kappa shape index (κ3) is 5.82. The predicted molar refractivity (Wildman–Crippen MR) is 218 cm³/mol. The van der Waals surface area contributed by atoms with E-state index >= 15 is 0 Å². The maximum atomic E-state index is 5.22. The van der Waals surface area contributed by atoms with Gasteiger partial charge in [-0.05, 0) is 47.5 Å². The van der Waals surface area contributed by atoms with Crippen LogP contribution in [0.15, 0.2) is 182 Å². The minimum Gasteiger partial charge on any atom is -0.255 e. The van der Waals surface area contributed by atoms with Crippen molar-refractivity contribution >= 4 is 32.7 Å². The summed E-state index contributed by atoms with van der Waals surface area (Å²) in [6, 6.07) is 59.9. The zero-order chi connectivity index (χ0) is 35.8. The lowest BCUT2D eigenvalue weighted by atomic mass is 10.0. The first-order valence-electron chi connectivity index (χ1n) is 17.9. The van der Waals surface area contributed by atoms with Crippen LogP contribution in [0.2, 0.25) is 0 Å². The van der Waals surface area contributed by atoms with E-state index in [2.05, 4.69) is 97.1 Å². The maximum Gasteiger partial charge on any atom is 0.166 e. The maximum absolute atomic E-state index is 5.22. The van der Waals surface area contributed by atoms with Gasteiger partial charge in [0.05, 0.1) is 27.9 Å². The molecule has 0 unspecified atom stereocenters. The topological polar surface area (TPSA) is 77.3 Å². The average Bonchev–Trinajstić information content (AvgIpc) is 3.26. The quantitative estimate of drug-likeness (QED) is 0.162. The lowest BCUT2D eigenvalue weighted by molar-refractivity contribution is 1.07. The van der Waals surface area contributed by atoms with Gasteiger partial charge in [0.2, 0.25) is 0 Å². The van der Waals surface area contributed by atoms with E-state index in [1.54, 1.807) is 6.20 Å². The Morgan fingerprint density at radius 3 is 1.44 bits per heavy atom. The highest BCUT2D eigenvalue weighted by Crippen LogP contribution is 2.33. The summed E-state index contributed by atoms with van der Waals surface area (Å²) in [5, 5.41) is 3.10. The zero-order valence-electron chi connectivity index (χ0n) is 29.0. The Labute approximate surface area is 311 Å². The number of pyridine rings is 3. The average molecular weight is 691 g/mol. The Bertz CT molecular complexity index is 2990. The normalized spacial score (nSPS) is 11.3. The first-order valence-corrected chi connectivity index (χ1v) is 17.9. The summed E-state index contributed by atoms with van der Waals surface area (Å²) in [4.78, 5) is 30.3. The molecule has 252 valence electrons. The second kappa shape index (κ2) is 13.3. The molecule has 0 atom stereocenters. The van der Waals surface area contributed by atoms with Gasteiger partial charge in [-0.3, -0.25) is 4.98 Å². The molecule has 0 radical (unpaired) electrons. The highest BCUT2D eigenvalue weighted by atomic mass is 15.0. The van der Waals surface area contributed by atoms with Crippen molar-refractivity contribution in [2.75, 3.05) is 0 Å². The second-order valence-corrected chi connectivity index (χ2v) is 13.2. The minimum atomic E-state index is 0.561. The van der Waals surface area contributed by atoms with E-state index in [4.69, 9.17) is 29.9 Å². The molecule has 10 aromatic rings. The third-order valence-corrected chi connectivity index (χ3v) is 9.74. The van der Waals surface area contributed by atoms with Gasteiger partial charge in [0.15, 0.2) is 17.5 Å². The number of rotatable bonds is 6. The Morgan fingerprint density at radius 1 is 0.278 bits per heavy atom. The van der Waals surface area contributed by atoms with Gasteiger partial charge in [0.25, 0.3) is 0 Å². The van der Waals surface area contributed by atoms with Crippen LogP contribution < -0.4 is 0 Å². The summed E-state index contributed by atoms with van der Waals surface area (Å²) in [6.07, 6.45) is 1.80. The molecule has 54 heavy (non-hydrogen) atoms. The number of aromatic nitrogens is 6. The highest BCUT2D eigenvalue weighted by Gasteiger charge is 2.16. The van der Waals surface area contributed by atoms with Crippen LogP contribution in [0.5, 0.6) is 0 Å². The fourth-order valence-electron chi connectivity index (χ4n) is 7.02. The highest BCUT2D eigenvalue weighted by molar-refractivity contribution is 6.04. The molecule has 0 bridgehead atoms. The predicted octanol–water partition coefficient (Wildman–Crippen LogP) is 11.5. The lowest BCUT2D eigenvalue weighted by Crippen LogP contribution is -2.01. The van der Waals surface area contributed by atoms with Crippen LogP contribution in [0.4, 0.5) is 0 Å². The fourth-order valence-corrected chi connectivity index (χ4v) is 7.02. The molecule has 0 aliphatic heterocycles. The molecule has 0 saturated heterocycles. The van der Waals surface area contributed by atoms with Crippen LogP contribution in [0, 0.1) is 0 Å². The molecule has 0 amide bonds. The first-order chi connectivity index (χ1) is 26.7. The van der Waals surface area contributed by atoms with Crippen LogP contribution in [0.3, 0.4) is 0 Å². The van der Waals surface area contributed by atoms with E-state index in [0.29, 0.717) is 17.5 Å². The summed E-state index contributed by atoms with van der Waals surface area (Å²) >= 11 is 0. The number of benzene rings is 6. The first kappa shape index (κ1) is 31.3. The van der Waals surface area contributed by atoms with E-state index in [1.165, 1.54) is 0 Å². The van der Waals surface area contributed by atoms with Crippen molar-refractivity contribution in [1.82, 2.24) is 29.9 Å². The van der Waals surface area contributed by atoms with Crippen molar-refractivity contribution < 1.29 is 0 Å². The molecule has 0 aliphatic carbocycles. The molecule has 6 aromatic carbocycles. The molecule has 0 spiro atoms. The lowest BCUT2D eigenvalue weighted by Gasteiger charge is -2.12. The van der Waals surface area contributed by atoms with Gasteiger partial charge in [0, 0.05) is 50.2 Å². The van der Waals surface area contributed by atoms with Gasteiger partial charge in [-0.2, -0.15) is 0 Å². The summed E-state index contributed by atoms with van der Waals surface area (Å²) in [5.74, 6) is 1.71. The van der Waals surface area contributed by atoms with Gasteiger partial charge in [-0.25, -0.2) is 24.9 Å². The van der Waals surface area contributed by atoms with Crippen molar-refractivity contribution in [3.8, 4) is 67.8 Å². The fraction of sp³-hybridized carbons (Fsp3) is 0. The second-order valence-electron chi connectivity index (χ2n) is 13.2. The molecular weight excluding hydrogens is 661 g/mol. The molecule has 0 saturated carbocycles. The summed E-state index contributed by atoms with van der Waals surface area (Å²) in [7, 11) is 0. The van der Waals surface area contributed by atoms with Crippen molar-refractivity contribution in [3.63, 3.8) is 0 Å². The van der Waals surface area contributed by atoms with Crippen LogP contribution in [0.1, 0.15) is 0 Å². The Balaban J connectivity index is 1.11. The Hall–Kier alpha value is -7.44. The molecule has 10 rings (SSSR count). The van der Waals surface area contributed by atoms with Gasteiger partial charge in [0.1, 0.15) is 0 Å². The molecular formula is C48H30N6. The van der Waals surface area contributed by atoms with Crippen LogP contribution >= 0.6 is 0 Å². The molecule has 0 fully saturated rings. The van der Waals surface area contributed by atoms with Gasteiger partial charge < -0.3 is 0 Å². The van der Waals surface area contributed by atoms with Gasteiger partial charge in [-0.15, -0.1) is 0 Å². The van der Waals surface area contributed by atoms with Crippen molar-refractivity contribution in [1.29, 1.82) is 0 Å². The Morgan fingerprint density at radius 2 is 0.759 bits per heavy atom. The number of fused-ring (bicyclic) bond motifs is 4. The summed E-state index contributed by atoms with van der Waals surface area (Å²) < 4.78 is 0. The van der Waals surface area contributed by atoms with E-state index in [0.717, 1.165) is 83.0 Å². The van der Waals surface area contributed by atoms with Crippen LogP contribution in [0.25, 0.3) is 101 Å². The minimum absolute atomic E-state index is 0.561. The summed E-state index contributed by atoms with van der Waals surface area (Å²) in [6.45, 7) is 0. The molecule has 0 N–H and O–H groups in total. The number of nitrogens with zero attached hydrogens (tertiary/aromatic N) is 6. The van der Waals surface area contributed by atoms with Crippen molar-refractivity contribution in [2.45, 2.75) is 0 Å². The van der Waals surface area contributed by atoms with E-state index < -0.39 is 0 Å². The standard InChI is InChI=1S/C48H30N6/c1-3-11-31(12-4-1)36-16-7-18-38(29-36)46-52-47(54-48(53-46)40-21-9-15-33-20-10-28-49-43(33)40)39-19-8-17-37(30-39)42-27-25-35-23-22-34-24-26-41(32-13-5-2-6-14-32)50-44(34)45(35)51-42/h1-30H. The van der Waals surface area contributed by atoms with Crippen molar-refractivity contribution in [2.24, 2.45) is 0 Å². The molecule has 4 heterocycles. The smallest absolute Gasteiger partial charge is 0.166 e. The third-order valence-electron chi connectivity index (χ3n) is 9.74. The van der Waals surface area contributed by atoms with Crippen LogP contribution in [-0.4, -0.2) is 29.9 Å². The monoisotopic (exact) mass is 690 g/mol. The zero-order valence-corrected chi connectivity index (χ0v) is 29.0. The van der Waals surface area contributed by atoms with Gasteiger partial charge in [-0.1, -0.05) is 140 Å². The number of hydrogen-bond donors (Lipinski definition) is 0. The number of hydrogen-bond acceptors (Lipinski definition) is 6. The SMILES string of the molecule is c1ccc(-c2cccc(-c3nc(-c4cccc(-c5ccc6ccc7ccc(-c8ccccc8)nc7c6n5)c4)nc(-c4cccc5cccnc45)n3)c2)cc1.